The number of carbonyl (C=O) groups is 1. The van der Waals surface area contributed by atoms with E-state index in [0.29, 0.717) is 11.7 Å². The highest BCUT2D eigenvalue weighted by atomic mass is 16.2. The van der Waals surface area contributed by atoms with Crippen LogP contribution in [0, 0.1) is 17.8 Å². The Bertz CT molecular complexity index is 579. The maximum absolute atomic E-state index is 12.6. The second-order valence-electron chi connectivity index (χ2n) is 7.56. The molecule has 3 aliphatic rings. The van der Waals surface area contributed by atoms with E-state index in [1.54, 1.807) is 0 Å². The van der Waals surface area contributed by atoms with E-state index in [2.05, 4.69) is 23.7 Å². The molecule has 1 aromatic rings. The van der Waals surface area contributed by atoms with Gasteiger partial charge in [0.05, 0.1) is 5.69 Å². The number of pyridine rings is 1. The molecule has 2 aliphatic heterocycles. The number of aromatic nitrogens is 1. The van der Waals surface area contributed by atoms with Crippen molar-refractivity contribution < 1.29 is 4.79 Å². The molecule has 0 aromatic carbocycles. The number of likely N-dealkylation sites (tertiary alicyclic amines) is 2. The maximum Gasteiger partial charge on any atom is 0.272 e. The third-order valence-corrected chi connectivity index (χ3v) is 5.63. The van der Waals surface area contributed by atoms with E-state index in [1.807, 2.05) is 23.1 Å². The van der Waals surface area contributed by atoms with E-state index in [9.17, 15) is 4.79 Å². The first kappa shape index (κ1) is 14.2. The number of hydrogen-bond donors (Lipinski definition) is 0. The van der Waals surface area contributed by atoms with E-state index in [1.165, 1.54) is 12.8 Å². The summed E-state index contributed by atoms with van der Waals surface area (Å²) < 4.78 is 0. The van der Waals surface area contributed by atoms with Crippen LogP contribution >= 0.6 is 0 Å². The van der Waals surface area contributed by atoms with Gasteiger partial charge in [-0.05, 0) is 42.7 Å². The highest BCUT2D eigenvalue weighted by Gasteiger charge is 2.49. The summed E-state index contributed by atoms with van der Waals surface area (Å²) in [5.74, 6) is 2.50. The predicted molar refractivity (Wildman–Crippen MR) is 85.4 cm³/mol. The fraction of sp³-hybridized carbons (Fsp3) is 0.667. The van der Waals surface area contributed by atoms with Gasteiger partial charge < -0.3 is 4.90 Å². The first-order chi connectivity index (χ1) is 10.6. The molecule has 22 heavy (non-hydrogen) atoms. The average molecular weight is 299 g/mol. The normalized spacial score (nSPS) is 27.9. The van der Waals surface area contributed by atoms with Crippen molar-refractivity contribution in [2.24, 2.45) is 17.8 Å². The molecule has 1 aliphatic carbocycles. The van der Waals surface area contributed by atoms with Crippen molar-refractivity contribution in [2.75, 3.05) is 19.6 Å². The van der Waals surface area contributed by atoms with Crippen molar-refractivity contribution in [1.29, 1.82) is 0 Å². The summed E-state index contributed by atoms with van der Waals surface area (Å²) in [6, 6.07) is 6.41. The summed E-state index contributed by atoms with van der Waals surface area (Å²) in [5.41, 5.74) is 1.66. The zero-order valence-electron chi connectivity index (χ0n) is 13.5. The summed E-state index contributed by atoms with van der Waals surface area (Å²) in [6.07, 6.45) is 2.39. The largest absolute Gasteiger partial charge is 0.334 e. The lowest BCUT2D eigenvalue weighted by molar-refractivity contribution is 0.0600. The van der Waals surface area contributed by atoms with Crippen LogP contribution in [0.4, 0.5) is 0 Å². The Morgan fingerprint density at radius 2 is 2.18 bits per heavy atom. The molecule has 3 heterocycles. The van der Waals surface area contributed by atoms with Gasteiger partial charge in [0.15, 0.2) is 0 Å². The minimum absolute atomic E-state index is 0.135. The summed E-state index contributed by atoms with van der Waals surface area (Å²) in [6.45, 7) is 8.70. The second kappa shape index (κ2) is 5.34. The number of amides is 1. The average Bonchev–Trinajstić information content (AvgIpc) is 3.12. The second-order valence-corrected chi connectivity index (χ2v) is 7.56. The molecular weight excluding hydrogens is 274 g/mol. The van der Waals surface area contributed by atoms with E-state index >= 15 is 0 Å². The Morgan fingerprint density at radius 3 is 2.82 bits per heavy atom. The molecule has 0 radical (unpaired) electrons. The number of piperidine rings is 1. The Kier molecular flexibility index (Phi) is 3.44. The lowest BCUT2D eigenvalue weighted by Gasteiger charge is -2.41. The van der Waals surface area contributed by atoms with Gasteiger partial charge in [-0.1, -0.05) is 19.9 Å². The van der Waals surface area contributed by atoms with E-state index in [-0.39, 0.29) is 5.91 Å². The topological polar surface area (TPSA) is 36.4 Å². The Labute approximate surface area is 132 Å². The van der Waals surface area contributed by atoms with Gasteiger partial charge in [-0.15, -0.1) is 0 Å². The van der Waals surface area contributed by atoms with E-state index < -0.39 is 0 Å². The quantitative estimate of drug-likeness (QED) is 0.856. The van der Waals surface area contributed by atoms with Crippen molar-refractivity contribution in [1.82, 2.24) is 14.8 Å². The smallest absolute Gasteiger partial charge is 0.272 e. The van der Waals surface area contributed by atoms with Crippen LogP contribution < -0.4 is 0 Å². The van der Waals surface area contributed by atoms with Gasteiger partial charge in [-0.25, -0.2) is 4.98 Å². The van der Waals surface area contributed by atoms with Gasteiger partial charge >= 0.3 is 0 Å². The van der Waals surface area contributed by atoms with Crippen LogP contribution in [-0.2, 0) is 6.54 Å². The molecule has 1 amide bonds. The number of nitrogens with zero attached hydrogens (tertiary/aromatic N) is 3. The van der Waals surface area contributed by atoms with Crippen LogP contribution in [0.25, 0.3) is 0 Å². The van der Waals surface area contributed by atoms with Gasteiger partial charge in [0, 0.05) is 32.2 Å². The van der Waals surface area contributed by atoms with Gasteiger partial charge in [0.1, 0.15) is 5.69 Å². The molecule has 0 spiro atoms. The Balaban J connectivity index is 1.39. The lowest BCUT2D eigenvalue weighted by atomic mass is 9.88. The van der Waals surface area contributed by atoms with Crippen LogP contribution in [0.5, 0.6) is 0 Å². The van der Waals surface area contributed by atoms with Crippen molar-refractivity contribution in [3.8, 4) is 0 Å². The molecule has 2 unspecified atom stereocenters. The molecule has 118 valence electrons. The summed E-state index contributed by atoms with van der Waals surface area (Å²) in [4.78, 5) is 21.7. The minimum atomic E-state index is 0.135. The highest BCUT2D eigenvalue weighted by molar-refractivity contribution is 5.93. The molecule has 1 aromatic heterocycles. The van der Waals surface area contributed by atoms with Crippen molar-refractivity contribution in [3.63, 3.8) is 0 Å². The summed E-state index contributed by atoms with van der Waals surface area (Å²) in [5, 5.41) is 0. The molecule has 0 bridgehead atoms. The number of rotatable bonds is 4. The number of fused-ring (bicyclic) bond motifs is 1. The minimum Gasteiger partial charge on any atom is -0.334 e. The first-order valence-electron chi connectivity index (χ1n) is 8.61. The van der Waals surface area contributed by atoms with Crippen LogP contribution in [0.15, 0.2) is 18.2 Å². The van der Waals surface area contributed by atoms with Gasteiger partial charge in [0.25, 0.3) is 5.91 Å². The van der Waals surface area contributed by atoms with Crippen LogP contribution in [0.2, 0.25) is 0 Å². The molecule has 2 atom stereocenters. The van der Waals surface area contributed by atoms with E-state index in [4.69, 9.17) is 0 Å². The summed E-state index contributed by atoms with van der Waals surface area (Å²) >= 11 is 0. The highest BCUT2D eigenvalue weighted by Crippen LogP contribution is 2.44. The molecule has 4 rings (SSSR count). The zero-order chi connectivity index (χ0) is 15.3. The van der Waals surface area contributed by atoms with Gasteiger partial charge in [-0.3, -0.25) is 9.69 Å². The van der Waals surface area contributed by atoms with Crippen LogP contribution in [0.3, 0.4) is 0 Å². The molecule has 4 heteroatoms. The monoisotopic (exact) mass is 299 g/mol. The van der Waals surface area contributed by atoms with Crippen molar-refractivity contribution >= 4 is 5.91 Å². The summed E-state index contributed by atoms with van der Waals surface area (Å²) in [7, 11) is 0. The van der Waals surface area contributed by atoms with Gasteiger partial charge in [0.2, 0.25) is 0 Å². The van der Waals surface area contributed by atoms with E-state index in [0.717, 1.165) is 49.6 Å². The van der Waals surface area contributed by atoms with Crippen LogP contribution in [-0.4, -0.2) is 46.4 Å². The molecule has 3 fully saturated rings. The fourth-order valence-corrected chi connectivity index (χ4v) is 3.87. The Morgan fingerprint density at radius 1 is 1.36 bits per heavy atom. The van der Waals surface area contributed by atoms with Crippen molar-refractivity contribution in [2.45, 2.75) is 39.3 Å². The molecule has 4 nitrogen and oxygen atoms in total. The fourth-order valence-electron chi connectivity index (χ4n) is 3.87. The third-order valence-electron chi connectivity index (χ3n) is 5.63. The van der Waals surface area contributed by atoms with Crippen LogP contribution in [0.1, 0.15) is 42.9 Å². The number of hydrogen-bond acceptors (Lipinski definition) is 3. The van der Waals surface area contributed by atoms with Crippen molar-refractivity contribution in [3.05, 3.63) is 29.6 Å². The SMILES string of the molecule is CC(C)C1CN(Cc2cccc(C(=O)N3CCC4CC43)n2)C1. The van der Waals surface area contributed by atoms with Gasteiger partial charge in [-0.2, -0.15) is 0 Å². The molecular formula is C18H25N3O. The standard InChI is InChI=1S/C18H25N3O/c1-12(2)14-9-20(10-14)11-15-4-3-5-16(19-15)18(22)21-7-6-13-8-17(13)21/h3-5,12-14,17H,6-11H2,1-2H3. The maximum atomic E-state index is 12.6. The lowest BCUT2D eigenvalue weighted by Crippen LogP contribution is -2.48. The molecule has 2 saturated heterocycles. The molecule has 1 saturated carbocycles. The first-order valence-corrected chi connectivity index (χ1v) is 8.61. The third kappa shape index (κ3) is 2.54. The predicted octanol–water partition coefficient (Wildman–Crippen LogP) is 2.40. The Hall–Kier alpha value is -1.42. The number of carbonyl (C=O) groups excluding carboxylic acids is 1. The molecule has 0 N–H and O–H groups in total. The zero-order valence-corrected chi connectivity index (χ0v) is 13.5.